The van der Waals surface area contributed by atoms with Crippen LogP contribution in [-0.4, -0.2) is 40.9 Å². The number of pyridine rings is 1. The fraction of sp³-hybridized carbons (Fsp3) is 0.538. The molecule has 0 spiro atoms. The van der Waals surface area contributed by atoms with Crippen molar-refractivity contribution in [3.63, 3.8) is 0 Å². The molecule has 0 radical (unpaired) electrons. The molecule has 0 saturated heterocycles. The first-order valence-corrected chi connectivity index (χ1v) is 8.35. The summed E-state index contributed by atoms with van der Waals surface area (Å²) in [6.07, 6.45) is 1.49. The molecule has 1 heterocycles. The summed E-state index contributed by atoms with van der Waals surface area (Å²) in [7, 11) is 5.04. The van der Waals surface area contributed by atoms with Crippen molar-refractivity contribution < 1.29 is 9.53 Å². The average Bonchev–Trinajstić information content (AvgIpc) is 2.33. The van der Waals surface area contributed by atoms with Crippen molar-refractivity contribution in [3.05, 3.63) is 24.4 Å². The maximum atomic E-state index is 11.7. The van der Waals surface area contributed by atoms with Crippen LogP contribution in [0.25, 0.3) is 0 Å². The first kappa shape index (κ1) is 16.2. The lowest BCUT2D eigenvalue weighted by Gasteiger charge is -2.24. The van der Waals surface area contributed by atoms with Gasteiger partial charge in [0.2, 0.25) is 0 Å². The van der Waals surface area contributed by atoms with E-state index >= 15 is 0 Å². The molecule has 0 aromatic carbocycles. The highest BCUT2D eigenvalue weighted by molar-refractivity contribution is 8.76. The van der Waals surface area contributed by atoms with Crippen molar-refractivity contribution in [3.8, 4) is 0 Å². The Morgan fingerprint density at radius 1 is 1.42 bits per heavy atom. The summed E-state index contributed by atoms with van der Waals surface area (Å²) in [5, 5.41) is 0.979. The second kappa shape index (κ2) is 7.65. The van der Waals surface area contributed by atoms with E-state index in [4.69, 9.17) is 4.74 Å². The normalized spacial score (nSPS) is 11.2. The van der Waals surface area contributed by atoms with Gasteiger partial charge in [-0.2, -0.15) is 0 Å². The van der Waals surface area contributed by atoms with E-state index in [1.807, 2.05) is 39.0 Å². The summed E-state index contributed by atoms with van der Waals surface area (Å²) < 4.78 is 5.27. The van der Waals surface area contributed by atoms with Gasteiger partial charge in [-0.15, -0.1) is 0 Å². The number of carbonyl (C=O) groups is 1. The first-order valence-electron chi connectivity index (χ1n) is 6.03. The van der Waals surface area contributed by atoms with Crippen LogP contribution in [-0.2, 0) is 4.74 Å². The van der Waals surface area contributed by atoms with Gasteiger partial charge in [0.1, 0.15) is 10.6 Å². The summed E-state index contributed by atoms with van der Waals surface area (Å²) in [5.74, 6) is 0.830. The molecule has 0 fully saturated rings. The van der Waals surface area contributed by atoms with E-state index in [0.717, 1.165) is 10.8 Å². The summed E-state index contributed by atoms with van der Waals surface area (Å²) in [6.45, 7) is 6.25. The minimum atomic E-state index is -0.443. The third-order valence-electron chi connectivity index (χ3n) is 2.00. The average molecular weight is 300 g/mol. The van der Waals surface area contributed by atoms with Crippen LogP contribution in [0.3, 0.4) is 0 Å². The van der Waals surface area contributed by atoms with Gasteiger partial charge in [0.05, 0.1) is 0 Å². The highest BCUT2D eigenvalue weighted by Gasteiger charge is 2.19. The molecular weight excluding hydrogens is 280 g/mol. The molecule has 6 heteroatoms. The molecule has 4 nitrogen and oxygen atoms in total. The summed E-state index contributed by atoms with van der Waals surface area (Å²) >= 11 is 0. The molecular formula is C13H20N2O2S2. The van der Waals surface area contributed by atoms with Crippen molar-refractivity contribution in [2.45, 2.75) is 31.4 Å². The fourth-order valence-corrected chi connectivity index (χ4v) is 3.03. The lowest BCUT2D eigenvalue weighted by atomic mass is 10.2. The van der Waals surface area contributed by atoms with E-state index in [0.29, 0.717) is 6.54 Å². The van der Waals surface area contributed by atoms with Crippen LogP contribution in [0.5, 0.6) is 0 Å². The number of carbonyl (C=O) groups excluding carboxylic acids is 1. The minimum absolute atomic E-state index is 0.282. The molecule has 0 atom stereocenters. The second-order valence-electron chi connectivity index (χ2n) is 4.98. The predicted octanol–water partition coefficient (Wildman–Crippen LogP) is 3.69. The van der Waals surface area contributed by atoms with Crippen LogP contribution in [0.2, 0.25) is 0 Å². The smallest absolute Gasteiger partial charge is 0.410 e. The molecule has 1 aromatic heterocycles. The van der Waals surface area contributed by atoms with Gasteiger partial charge in [-0.3, -0.25) is 0 Å². The number of nitrogens with zero attached hydrogens (tertiary/aromatic N) is 2. The Labute approximate surface area is 122 Å². The molecule has 0 bridgehead atoms. The van der Waals surface area contributed by atoms with Gasteiger partial charge in [-0.1, -0.05) is 16.9 Å². The number of ether oxygens (including phenoxy) is 1. The zero-order chi connectivity index (χ0) is 14.3. The first-order chi connectivity index (χ1) is 8.88. The van der Waals surface area contributed by atoms with Crippen LogP contribution in [0.15, 0.2) is 29.4 Å². The summed E-state index contributed by atoms with van der Waals surface area (Å²) in [5.41, 5.74) is -0.443. The maximum absolute atomic E-state index is 11.7. The van der Waals surface area contributed by atoms with Crippen molar-refractivity contribution in [2.75, 3.05) is 19.3 Å². The van der Waals surface area contributed by atoms with Crippen LogP contribution in [0, 0.1) is 0 Å². The Balaban J connectivity index is 2.20. The Kier molecular flexibility index (Phi) is 6.51. The topological polar surface area (TPSA) is 42.4 Å². The number of rotatable bonds is 5. The van der Waals surface area contributed by atoms with E-state index in [2.05, 4.69) is 4.98 Å². The molecule has 0 saturated carbocycles. The van der Waals surface area contributed by atoms with Gasteiger partial charge in [0.15, 0.2) is 0 Å². The van der Waals surface area contributed by atoms with Gasteiger partial charge < -0.3 is 9.64 Å². The molecule has 0 aliphatic heterocycles. The SMILES string of the molecule is CN(CCSSc1ccccn1)C(=O)OC(C)(C)C. The molecule has 0 aliphatic rings. The standard InChI is InChI=1S/C13H20N2O2S2/c1-13(2,3)17-12(16)15(4)9-10-18-19-11-7-5-6-8-14-11/h5-8H,9-10H2,1-4H3. The van der Waals surface area contributed by atoms with Crippen molar-refractivity contribution in [1.82, 2.24) is 9.88 Å². The number of hydrogen-bond donors (Lipinski definition) is 0. The van der Waals surface area contributed by atoms with Gasteiger partial charge in [0.25, 0.3) is 0 Å². The quantitative estimate of drug-likeness (QED) is 0.613. The molecule has 1 rings (SSSR count). The van der Waals surface area contributed by atoms with Crippen LogP contribution in [0.4, 0.5) is 4.79 Å². The van der Waals surface area contributed by atoms with Gasteiger partial charge in [-0.05, 0) is 43.7 Å². The number of hydrogen-bond acceptors (Lipinski definition) is 5. The van der Waals surface area contributed by atoms with Gasteiger partial charge >= 0.3 is 6.09 Å². The molecule has 0 unspecified atom stereocenters. The zero-order valence-electron chi connectivity index (χ0n) is 11.8. The Morgan fingerprint density at radius 3 is 2.74 bits per heavy atom. The van der Waals surface area contributed by atoms with E-state index in [-0.39, 0.29) is 6.09 Å². The maximum Gasteiger partial charge on any atom is 0.410 e. The summed E-state index contributed by atoms with van der Waals surface area (Å²) in [4.78, 5) is 17.5. The minimum Gasteiger partial charge on any atom is -0.444 e. The third kappa shape index (κ3) is 7.32. The van der Waals surface area contributed by atoms with Crippen LogP contribution in [0.1, 0.15) is 20.8 Å². The number of aromatic nitrogens is 1. The number of amides is 1. The molecule has 1 aromatic rings. The Bertz CT molecular complexity index is 393. The highest BCUT2D eigenvalue weighted by Crippen LogP contribution is 2.28. The van der Waals surface area contributed by atoms with Crippen molar-refractivity contribution in [2.24, 2.45) is 0 Å². The lowest BCUT2D eigenvalue weighted by molar-refractivity contribution is 0.0309. The van der Waals surface area contributed by atoms with E-state index in [9.17, 15) is 4.79 Å². The lowest BCUT2D eigenvalue weighted by Crippen LogP contribution is -2.35. The van der Waals surface area contributed by atoms with Gasteiger partial charge in [-0.25, -0.2) is 9.78 Å². The Hall–Kier alpha value is -0.880. The molecule has 0 aliphatic carbocycles. The van der Waals surface area contributed by atoms with E-state index < -0.39 is 5.60 Å². The summed E-state index contributed by atoms with van der Waals surface area (Å²) in [6, 6.07) is 5.82. The molecule has 106 valence electrons. The largest absolute Gasteiger partial charge is 0.444 e. The Morgan fingerprint density at radius 2 is 2.16 bits per heavy atom. The van der Waals surface area contributed by atoms with E-state index in [1.165, 1.54) is 0 Å². The monoisotopic (exact) mass is 300 g/mol. The predicted molar refractivity (Wildman–Crippen MR) is 81.4 cm³/mol. The molecule has 0 N–H and O–H groups in total. The second-order valence-corrected chi connectivity index (χ2v) is 7.41. The van der Waals surface area contributed by atoms with Gasteiger partial charge in [0, 0.05) is 25.5 Å². The third-order valence-corrected chi connectivity index (χ3v) is 4.24. The highest BCUT2D eigenvalue weighted by atomic mass is 33.1. The van der Waals surface area contributed by atoms with Crippen molar-refractivity contribution >= 4 is 27.7 Å². The molecule has 19 heavy (non-hydrogen) atoms. The fourth-order valence-electron chi connectivity index (χ4n) is 1.10. The zero-order valence-corrected chi connectivity index (χ0v) is 13.4. The molecule has 1 amide bonds. The van der Waals surface area contributed by atoms with Crippen molar-refractivity contribution in [1.29, 1.82) is 0 Å². The van der Waals surface area contributed by atoms with Crippen LogP contribution < -0.4 is 0 Å². The van der Waals surface area contributed by atoms with Crippen LogP contribution >= 0.6 is 21.6 Å². The van der Waals surface area contributed by atoms with E-state index in [1.54, 1.807) is 39.7 Å².